The van der Waals surface area contributed by atoms with Gasteiger partial charge in [0.25, 0.3) is 0 Å². The van der Waals surface area contributed by atoms with Crippen molar-refractivity contribution in [3.05, 3.63) is 54.0 Å². The Bertz CT molecular complexity index is 873. The number of nitrogens with zero attached hydrogens (tertiary/aromatic N) is 2. The maximum atomic E-state index is 13.0. The SMILES string of the molecule is CN=C(NCCCNC(=O)OC(C)(C)C)NCc1ccnc(Oc2ccc(F)cc2)c1.I. The highest BCUT2D eigenvalue weighted by atomic mass is 127. The van der Waals surface area contributed by atoms with E-state index >= 15 is 0 Å². The number of halogens is 2. The zero-order chi connectivity index (χ0) is 22.7. The Kier molecular flexibility index (Phi) is 11.7. The molecule has 0 fully saturated rings. The van der Waals surface area contributed by atoms with Gasteiger partial charge in [-0.1, -0.05) is 0 Å². The summed E-state index contributed by atoms with van der Waals surface area (Å²) in [4.78, 5) is 20.0. The molecule has 2 rings (SSSR count). The van der Waals surface area contributed by atoms with Gasteiger partial charge in [0.05, 0.1) is 0 Å². The third-order valence-corrected chi connectivity index (χ3v) is 3.83. The van der Waals surface area contributed by atoms with Crippen LogP contribution in [0.3, 0.4) is 0 Å². The van der Waals surface area contributed by atoms with Crippen LogP contribution < -0.4 is 20.7 Å². The molecule has 176 valence electrons. The first-order chi connectivity index (χ1) is 14.7. The van der Waals surface area contributed by atoms with E-state index < -0.39 is 11.7 Å². The number of carbonyl (C=O) groups excluding carboxylic acids is 1. The monoisotopic (exact) mass is 559 g/mol. The summed E-state index contributed by atoms with van der Waals surface area (Å²) in [6.07, 6.45) is 1.94. The number of nitrogens with one attached hydrogen (secondary N) is 3. The van der Waals surface area contributed by atoms with Crippen molar-refractivity contribution >= 4 is 36.0 Å². The number of aromatic nitrogens is 1. The molecule has 0 saturated carbocycles. The van der Waals surface area contributed by atoms with Crippen LogP contribution in [0.15, 0.2) is 47.6 Å². The number of guanidine groups is 1. The van der Waals surface area contributed by atoms with E-state index in [9.17, 15) is 9.18 Å². The molecule has 1 aromatic heterocycles. The number of hydrogen-bond acceptors (Lipinski definition) is 5. The van der Waals surface area contributed by atoms with Crippen LogP contribution in [0.2, 0.25) is 0 Å². The highest BCUT2D eigenvalue weighted by Gasteiger charge is 2.15. The molecule has 2 aromatic rings. The van der Waals surface area contributed by atoms with Gasteiger partial charge in [-0.15, -0.1) is 24.0 Å². The van der Waals surface area contributed by atoms with Crippen molar-refractivity contribution in [2.45, 2.75) is 39.3 Å². The molecular weight excluding hydrogens is 528 g/mol. The van der Waals surface area contributed by atoms with Crippen molar-refractivity contribution in [1.29, 1.82) is 0 Å². The van der Waals surface area contributed by atoms with Gasteiger partial charge in [-0.3, -0.25) is 4.99 Å². The second-order valence-electron chi connectivity index (χ2n) is 7.69. The third-order valence-electron chi connectivity index (χ3n) is 3.83. The molecule has 0 aliphatic carbocycles. The van der Waals surface area contributed by atoms with Gasteiger partial charge in [0.2, 0.25) is 5.88 Å². The Morgan fingerprint density at radius 3 is 2.44 bits per heavy atom. The van der Waals surface area contributed by atoms with E-state index in [0.717, 1.165) is 5.56 Å². The topological polar surface area (TPSA) is 96.9 Å². The Balaban J connectivity index is 0.00000512. The number of carbonyl (C=O) groups is 1. The maximum absolute atomic E-state index is 13.0. The second-order valence-corrected chi connectivity index (χ2v) is 7.69. The quantitative estimate of drug-likeness (QED) is 0.194. The Morgan fingerprint density at radius 2 is 1.78 bits per heavy atom. The van der Waals surface area contributed by atoms with E-state index in [0.29, 0.717) is 43.6 Å². The second kappa shape index (κ2) is 13.7. The van der Waals surface area contributed by atoms with E-state index in [1.807, 2.05) is 26.8 Å². The summed E-state index contributed by atoms with van der Waals surface area (Å²) >= 11 is 0. The summed E-state index contributed by atoms with van der Waals surface area (Å²) in [5.41, 5.74) is 0.437. The molecule has 0 radical (unpaired) electrons. The molecule has 10 heteroatoms. The van der Waals surface area contributed by atoms with Crippen molar-refractivity contribution in [3.63, 3.8) is 0 Å². The molecule has 3 N–H and O–H groups in total. The number of hydrogen-bond donors (Lipinski definition) is 3. The highest BCUT2D eigenvalue weighted by molar-refractivity contribution is 14.0. The van der Waals surface area contributed by atoms with Crippen LogP contribution in [0.25, 0.3) is 0 Å². The number of alkyl carbamates (subject to hydrolysis) is 1. The first-order valence-corrected chi connectivity index (χ1v) is 10.0. The van der Waals surface area contributed by atoms with Crippen LogP contribution in [-0.4, -0.2) is 42.8 Å². The molecule has 8 nitrogen and oxygen atoms in total. The molecule has 32 heavy (non-hydrogen) atoms. The lowest BCUT2D eigenvalue weighted by atomic mass is 10.2. The maximum Gasteiger partial charge on any atom is 0.407 e. The number of rotatable bonds is 8. The van der Waals surface area contributed by atoms with Crippen LogP contribution in [-0.2, 0) is 11.3 Å². The smallest absolute Gasteiger partial charge is 0.407 e. The van der Waals surface area contributed by atoms with Gasteiger partial charge in [-0.2, -0.15) is 0 Å². The molecule has 0 atom stereocenters. The summed E-state index contributed by atoms with van der Waals surface area (Å²) in [6.45, 7) is 7.11. The minimum Gasteiger partial charge on any atom is -0.444 e. The van der Waals surface area contributed by atoms with Gasteiger partial charge in [0, 0.05) is 38.9 Å². The van der Waals surface area contributed by atoms with Gasteiger partial charge in [-0.25, -0.2) is 14.2 Å². The van der Waals surface area contributed by atoms with Crippen LogP contribution in [0.5, 0.6) is 11.6 Å². The molecule has 1 aromatic carbocycles. The fraction of sp³-hybridized carbons (Fsp3) is 0.409. The fourth-order valence-corrected chi connectivity index (χ4v) is 2.45. The summed E-state index contributed by atoms with van der Waals surface area (Å²) in [6, 6.07) is 9.42. The van der Waals surface area contributed by atoms with Gasteiger partial charge >= 0.3 is 6.09 Å². The van der Waals surface area contributed by atoms with E-state index in [2.05, 4.69) is 25.9 Å². The predicted molar refractivity (Wildman–Crippen MR) is 133 cm³/mol. The van der Waals surface area contributed by atoms with Gasteiger partial charge in [0.15, 0.2) is 5.96 Å². The molecule has 1 heterocycles. The first-order valence-electron chi connectivity index (χ1n) is 10.0. The third kappa shape index (κ3) is 11.1. The highest BCUT2D eigenvalue weighted by Crippen LogP contribution is 2.20. The van der Waals surface area contributed by atoms with Crippen molar-refractivity contribution in [2.75, 3.05) is 20.1 Å². The molecule has 0 saturated heterocycles. The predicted octanol–water partition coefficient (Wildman–Crippen LogP) is 4.21. The molecular formula is C22H31FIN5O3. The average Bonchev–Trinajstić information content (AvgIpc) is 2.71. The van der Waals surface area contributed by atoms with Gasteiger partial charge < -0.3 is 25.4 Å². The van der Waals surface area contributed by atoms with Crippen LogP contribution >= 0.6 is 24.0 Å². The number of amides is 1. The average molecular weight is 559 g/mol. The molecule has 0 aliphatic rings. The van der Waals surface area contributed by atoms with Crippen LogP contribution in [0.1, 0.15) is 32.8 Å². The standard InChI is InChI=1S/C22H30FN5O3.HI/c1-22(2,3)31-21(29)27-12-5-11-26-20(24-4)28-15-16-10-13-25-19(14-16)30-18-8-6-17(23)7-9-18;/h6-10,13-14H,5,11-12,15H2,1-4H3,(H,27,29)(H2,24,26,28);1H. The van der Waals surface area contributed by atoms with E-state index in [4.69, 9.17) is 9.47 Å². The Labute approximate surface area is 205 Å². The molecule has 0 aliphatic heterocycles. The van der Waals surface area contributed by atoms with Gasteiger partial charge in [0.1, 0.15) is 17.2 Å². The van der Waals surface area contributed by atoms with Gasteiger partial charge in [-0.05, 0) is 63.1 Å². The normalized spacial score (nSPS) is 11.2. The minimum absolute atomic E-state index is 0. The molecule has 0 bridgehead atoms. The molecule has 0 spiro atoms. The lowest BCUT2D eigenvalue weighted by molar-refractivity contribution is 0.0527. The first kappa shape index (κ1) is 27.4. The molecule has 1 amide bonds. The van der Waals surface area contributed by atoms with Crippen LogP contribution in [0, 0.1) is 5.82 Å². The zero-order valence-corrected chi connectivity index (χ0v) is 21.1. The summed E-state index contributed by atoms with van der Waals surface area (Å²) in [5.74, 6) is 1.24. The number of pyridine rings is 1. The fourth-order valence-electron chi connectivity index (χ4n) is 2.45. The lowest BCUT2D eigenvalue weighted by Crippen LogP contribution is -2.39. The van der Waals surface area contributed by atoms with E-state index in [1.54, 1.807) is 31.4 Å². The lowest BCUT2D eigenvalue weighted by Gasteiger charge is -2.19. The van der Waals surface area contributed by atoms with Crippen LogP contribution in [0.4, 0.5) is 9.18 Å². The van der Waals surface area contributed by atoms with E-state index in [1.165, 1.54) is 12.1 Å². The zero-order valence-electron chi connectivity index (χ0n) is 18.8. The summed E-state index contributed by atoms with van der Waals surface area (Å²) < 4.78 is 23.8. The van der Waals surface area contributed by atoms with Crippen molar-refractivity contribution in [3.8, 4) is 11.6 Å². The summed E-state index contributed by atoms with van der Waals surface area (Å²) in [7, 11) is 1.68. The van der Waals surface area contributed by atoms with Crippen molar-refractivity contribution in [2.24, 2.45) is 4.99 Å². The number of ether oxygens (including phenoxy) is 2. The van der Waals surface area contributed by atoms with E-state index in [-0.39, 0.29) is 29.8 Å². The Hall–Kier alpha value is -2.63. The minimum atomic E-state index is -0.509. The summed E-state index contributed by atoms with van der Waals surface area (Å²) in [5, 5.41) is 9.11. The molecule has 0 unspecified atom stereocenters. The Morgan fingerprint density at radius 1 is 1.09 bits per heavy atom. The number of aliphatic imine (C=N–C) groups is 1. The largest absolute Gasteiger partial charge is 0.444 e. The van der Waals surface area contributed by atoms with Crippen molar-refractivity contribution in [1.82, 2.24) is 20.9 Å². The van der Waals surface area contributed by atoms with Crippen molar-refractivity contribution < 1.29 is 18.7 Å². The number of benzene rings is 1.